The van der Waals surface area contributed by atoms with Crippen LogP contribution < -0.4 is 10.6 Å². The molecule has 2 aromatic carbocycles. The van der Waals surface area contributed by atoms with Crippen LogP contribution in [0, 0.1) is 11.8 Å². The summed E-state index contributed by atoms with van der Waals surface area (Å²) in [7, 11) is 0. The first-order valence-corrected chi connectivity index (χ1v) is 15.0. The number of carbonyl (C=O) groups excluding carboxylic acids is 2. The number of carbonyl (C=O) groups is 2. The standard InChI is InChI=1S/C32H41ClN4O3/c1-5-34-30(38)28(21-9-8-10-21)37-31(39)32(15-16-40-18-32)22-13-14-25-26(17-22)36-29(35-25)20(4)27(19(2)3)23-11-6-7-12-24(23)33/h6-7,11-14,17,19-21,27-28H,5,8-10,15-16,18H2,1-4H3,(H,34,38)(H,35,36)(H,37,39)/t20?,27-,28-,32?/m1/s1. The molecule has 2 heterocycles. The van der Waals surface area contributed by atoms with Gasteiger partial charge in [-0.15, -0.1) is 0 Å². The van der Waals surface area contributed by atoms with Gasteiger partial charge in [0.25, 0.3) is 0 Å². The van der Waals surface area contributed by atoms with Crippen molar-refractivity contribution in [2.75, 3.05) is 19.8 Å². The Morgan fingerprint density at radius 1 is 1.18 bits per heavy atom. The van der Waals surface area contributed by atoms with Crippen molar-refractivity contribution >= 4 is 34.4 Å². The Bertz CT molecular complexity index is 1360. The van der Waals surface area contributed by atoms with Crippen LogP contribution in [0.3, 0.4) is 0 Å². The predicted octanol–water partition coefficient (Wildman–Crippen LogP) is 5.84. The number of amides is 2. The number of aromatic amines is 1. The topological polar surface area (TPSA) is 96.1 Å². The molecule has 1 saturated carbocycles. The molecule has 3 aromatic rings. The van der Waals surface area contributed by atoms with Gasteiger partial charge in [0.2, 0.25) is 11.8 Å². The van der Waals surface area contributed by atoms with Crippen LogP contribution >= 0.6 is 11.6 Å². The van der Waals surface area contributed by atoms with Crippen LogP contribution in [0.1, 0.15) is 82.2 Å². The van der Waals surface area contributed by atoms with Crippen molar-refractivity contribution in [1.82, 2.24) is 20.6 Å². The van der Waals surface area contributed by atoms with Crippen LogP contribution in [-0.2, 0) is 19.7 Å². The molecule has 0 bridgehead atoms. The first-order valence-electron chi connectivity index (χ1n) is 14.7. The Hall–Kier alpha value is -2.90. The summed E-state index contributed by atoms with van der Waals surface area (Å²) in [6, 6.07) is 13.5. The second kappa shape index (κ2) is 11.9. The molecule has 40 heavy (non-hydrogen) atoms. The average molecular weight is 565 g/mol. The number of likely N-dealkylation sites (N-methyl/N-ethyl adjacent to an activating group) is 1. The molecule has 214 valence electrons. The highest BCUT2D eigenvalue weighted by atomic mass is 35.5. The number of H-pyrrole nitrogens is 1. The van der Waals surface area contributed by atoms with Gasteiger partial charge in [-0.3, -0.25) is 9.59 Å². The first kappa shape index (κ1) is 28.6. The van der Waals surface area contributed by atoms with E-state index in [4.69, 9.17) is 21.3 Å². The largest absolute Gasteiger partial charge is 0.380 e. The van der Waals surface area contributed by atoms with Gasteiger partial charge in [0.05, 0.1) is 23.1 Å². The molecule has 1 saturated heterocycles. The average Bonchev–Trinajstić information content (AvgIpc) is 3.56. The maximum absolute atomic E-state index is 13.9. The number of hydrogen-bond acceptors (Lipinski definition) is 4. The van der Waals surface area contributed by atoms with Gasteiger partial charge in [-0.1, -0.05) is 63.1 Å². The van der Waals surface area contributed by atoms with Gasteiger partial charge >= 0.3 is 0 Å². The molecule has 1 aromatic heterocycles. The summed E-state index contributed by atoms with van der Waals surface area (Å²) in [5.74, 6) is 1.48. The number of nitrogens with zero attached hydrogens (tertiary/aromatic N) is 1. The SMILES string of the molecule is CCNC(=O)[C@H](NC(=O)C1(c2ccc3nc(C(C)[C@H](c4ccccc4Cl)C(C)C)[nH]c3c2)CCOC1)C1CCC1. The molecule has 5 rings (SSSR count). The van der Waals surface area contributed by atoms with Crippen LogP contribution in [0.2, 0.25) is 5.02 Å². The van der Waals surface area contributed by atoms with E-state index in [1.54, 1.807) is 0 Å². The zero-order valence-corrected chi connectivity index (χ0v) is 24.7. The molecule has 4 atom stereocenters. The number of benzene rings is 2. The van der Waals surface area contributed by atoms with Crippen LogP contribution in [-0.4, -0.2) is 47.6 Å². The number of imidazole rings is 1. The monoisotopic (exact) mass is 564 g/mol. The zero-order chi connectivity index (χ0) is 28.4. The Balaban J connectivity index is 1.44. The molecular formula is C32H41ClN4O3. The Kier molecular flexibility index (Phi) is 8.52. The van der Waals surface area contributed by atoms with E-state index in [1.807, 2.05) is 43.3 Å². The summed E-state index contributed by atoms with van der Waals surface area (Å²) in [6.45, 7) is 9.84. The maximum atomic E-state index is 13.9. The third kappa shape index (κ3) is 5.38. The van der Waals surface area contributed by atoms with Crippen LogP contribution in [0.4, 0.5) is 0 Å². The van der Waals surface area contributed by atoms with Gasteiger partial charge in [0.1, 0.15) is 11.9 Å². The molecule has 2 aliphatic rings. The van der Waals surface area contributed by atoms with E-state index in [0.29, 0.717) is 25.5 Å². The smallest absolute Gasteiger partial charge is 0.242 e. The highest BCUT2D eigenvalue weighted by Crippen LogP contribution is 2.41. The predicted molar refractivity (Wildman–Crippen MR) is 159 cm³/mol. The minimum Gasteiger partial charge on any atom is -0.380 e. The lowest BCUT2D eigenvalue weighted by Gasteiger charge is -2.36. The molecule has 2 fully saturated rings. The van der Waals surface area contributed by atoms with E-state index in [-0.39, 0.29) is 36.2 Å². The lowest BCUT2D eigenvalue weighted by atomic mass is 9.76. The number of fused-ring (bicyclic) bond motifs is 1. The fraction of sp³-hybridized carbons (Fsp3) is 0.531. The molecule has 1 aliphatic carbocycles. The van der Waals surface area contributed by atoms with E-state index in [1.165, 1.54) is 0 Å². The summed E-state index contributed by atoms with van der Waals surface area (Å²) >= 11 is 6.61. The number of ether oxygens (including phenoxy) is 1. The number of nitrogens with one attached hydrogen (secondary N) is 3. The van der Waals surface area contributed by atoms with Crippen molar-refractivity contribution in [3.05, 3.63) is 64.4 Å². The molecule has 8 heteroatoms. The van der Waals surface area contributed by atoms with Crippen molar-refractivity contribution in [1.29, 1.82) is 0 Å². The number of rotatable bonds is 10. The maximum Gasteiger partial charge on any atom is 0.242 e. The second-order valence-electron chi connectivity index (χ2n) is 11.9. The summed E-state index contributed by atoms with van der Waals surface area (Å²) in [4.78, 5) is 35.3. The second-order valence-corrected chi connectivity index (χ2v) is 12.3. The molecule has 0 radical (unpaired) electrons. The van der Waals surface area contributed by atoms with E-state index >= 15 is 0 Å². The lowest BCUT2D eigenvalue weighted by Crippen LogP contribution is -2.57. The van der Waals surface area contributed by atoms with Crippen molar-refractivity contribution in [3.8, 4) is 0 Å². The minimum atomic E-state index is -0.850. The van der Waals surface area contributed by atoms with E-state index in [0.717, 1.165) is 52.3 Å². The Morgan fingerprint density at radius 3 is 2.58 bits per heavy atom. The van der Waals surface area contributed by atoms with E-state index in [9.17, 15) is 9.59 Å². The van der Waals surface area contributed by atoms with E-state index in [2.05, 4.69) is 42.5 Å². The van der Waals surface area contributed by atoms with Crippen LogP contribution in [0.5, 0.6) is 0 Å². The molecule has 0 spiro atoms. The van der Waals surface area contributed by atoms with Crippen molar-refractivity contribution in [2.24, 2.45) is 11.8 Å². The summed E-state index contributed by atoms with van der Waals surface area (Å²) in [6.07, 6.45) is 3.57. The van der Waals surface area contributed by atoms with Crippen molar-refractivity contribution in [3.63, 3.8) is 0 Å². The first-order chi connectivity index (χ1) is 19.2. The van der Waals surface area contributed by atoms with Gasteiger partial charge in [0, 0.05) is 24.1 Å². The lowest BCUT2D eigenvalue weighted by molar-refractivity contribution is -0.134. The molecule has 1 aliphatic heterocycles. The van der Waals surface area contributed by atoms with Gasteiger partial charge < -0.3 is 20.4 Å². The van der Waals surface area contributed by atoms with Gasteiger partial charge in [-0.05, 0) is 73.3 Å². The molecule has 2 unspecified atom stereocenters. The summed E-state index contributed by atoms with van der Waals surface area (Å²) < 4.78 is 5.80. The Morgan fingerprint density at radius 2 is 1.95 bits per heavy atom. The van der Waals surface area contributed by atoms with Crippen LogP contribution in [0.15, 0.2) is 42.5 Å². The number of aromatic nitrogens is 2. The normalized spacial score (nSPS) is 21.6. The van der Waals surface area contributed by atoms with Crippen LogP contribution in [0.25, 0.3) is 11.0 Å². The molecule has 2 amide bonds. The van der Waals surface area contributed by atoms with Gasteiger partial charge in [-0.2, -0.15) is 0 Å². The fourth-order valence-electron chi connectivity index (χ4n) is 6.50. The highest BCUT2D eigenvalue weighted by molar-refractivity contribution is 6.31. The van der Waals surface area contributed by atoms with Crippen molar-refractivity contribution < 1.29 is 14.3 Å². The summed E-state index contributed by atoms with van der Waals surface area (Å²) in [5.41, 5.74) is 2.90. The third-order valence-corrected chi connectivity index (χ3v) is 9.35. The molecular weight excluding hydrogens is 524 g/mol. The fourth-order valence-corrected chi connectivity index (χ4v) is 6.76. The van der Waals surface area contributed by atoms with E-state index < -0.39 is 11.5 Å². The number of halogens is 1. The molecule has 7 nitrogen and oxygen atoms in total. The Labute approximate surface area is 241 Å². The van der Waals surface area contributed by atoms with Gasteiger partial charge in [-0.25, -0.2) is 4.98 Å². The zero-order valence-electron chi connectivity index (χ0n) is 23.9. The number of hydrogen-bond donors (Lipinski definition) is 3. The third-order valence-electron chi connectivity index (χ3n) is 9.00. The molecule has 3 N–H and O–H groups in total. The minimum absolute atomic E-state index is 0.100. The quantitative estimate of drug-likeness (QED) is 0.288. The summed E-state index contributed by atoms with van der Waals surface area (Å²) in [5, 5.41) is 6.82. The van der Waals surface area contributed by atoms with Crippen molar-refractivity contribution in [2.45, 2.75) is 76.7 Å². The van der Waals surface area contributed by atoms with Gasteiger partial charge in [0.15, 0.2) is 0 Å². The highest BCUT2D eigenvalue weighted by Gasteiger charge is 2.46.